The van der Waals surface area contributed by atoms with Crippen LogP contribution < -0.4 is 5.46 Å². The van der Waals surface area contributed by atoms with Crippen LogP contribution in [0.5, 0.6) is 5.75 Å². The van der Waals surface area contributed by atoms with Gasteiger partial charge in [-0.25, -0.2) is 4.39 Å². The molecule has 1 aromatic rings. The summed E-state index contributed by atoms with van der Waals surface area (Å²) in [6.45, 7) is 0. The van der Waals surface area contributed by atoms with Gasteiger partial charge in [-0.1, -0.05) is 0 Å². The average molecular weight is 210 g/mol. The minimum absolute atomic E-state index is 0.0221. The number of halogens is 1. The molecular formula is C9H8BFO4. The lowest BCUT2D eigenvalue weighted by atomic mass is 9.79. The van der Waals surface area contributed by atoms with Crippen molar-refractivity contribution in [3.05, 3.63) is 23.5 Å². The summed E-state index contributed by atoms with van der Waals surface area (Å²) >= 11 is 0. The highest BCUT2D eigenvalue weighted by Gasteiger charge is 2.37. The third-order valence-corrected chi connectivity index (χ3v) is 2.34. The lowest BCUT2D eigenvalue weighted by molar-refractivity contribution is -0.109. The van der Waals surface area contributed by atoms with Gasteiger partial charge in [-0.2, -0.15) is 0 Å². The number of carbonyl (C=O) groups is 1. The Bertz CT molecular complexity index is 409. The topological polar surface area (TPSA) is 66.8 Å². The van der Waals surface area contributed by atoms with Crippen molar-refractivity contribution in [3.63, 3.8) is 0 Å². The molecule has 2 N–H and O–H groups in total. The monoisotopic (exact) mass is 210 g/mol. The fourth-order valence-electron chi connectivity index (χ4n) is 1.73. The Balaban J connectivity index is 2.50. The molecule has 1 heterocycles. The second kappa shape index (κ2) is 3.64. The Kier molecular flexibility index (Phi) is 2.46. The van der Waals surface area contributed by atoms with Crippen LogP contribution in [-0.4, -0.2) is 23.5 Å². The number of fused-ring (bicyclic) bond motifs is 1. The van der Waals surface area contributed by atoms with Crippen molar-refractivity contribution >= 4 is 18.9 Å². The predicted octanol–water partition coefficient (Wildman–Crippen LogP) is -0.121. The van der Waals surface area contributed by atoms with Crippen LogP contribution in [0.25, 0.3) is 0 Å². The molecule has 1 aliphatic heterocycles. The van der Waals surface area contributed by atoms with Crippen molar-refractivity contribution in [3.8, 4) is 5.75 Å². The van der Waals surface area contributed by atoms with E-state index in [4.69, 9.17) is 9.76 Å². The first-order valence-corrected chi connectivity index (χ1v) is 4.43. The van der Waals surface area contributed by atoms with Crippen molar-refractivity contribution in [2.75, 3.05) is 0 Å². The Morgan fingerprint density at radius 3 is 3.00 bits per heavy atom. The van der Waals surface area contributed by atoms with Gasteiger partial charge in [0.2, 0.25) is 0 Å². The van der Waals surface area contributed by atoms with E-state index in [2.05, 4.69) is 0 Å². The van der Waals surface area contributed by atoms with Gasteiger partial charge in [-0.3, -0.25) is 0 Å². The third-order valence-electron chi connectivity index (χ3n) is 2.34. The van der Waals surface area contributed by atoms with Gasteiger partial charge < -0.3 is 19.6 Å². The van der Waals surface area contributed by atoms with E-state index in [-0.39, 0.29) is 23.2 Å². The predicted molar refractivity (Wildman–Crippen MR) is 50.2 cm³/mol. The lowest BCUT2D eigenvalue weighted by Crippen LogP contribution is -2.28. The molecular weight excluding hydrogens is 202 g/mol. The fourth-order valence-corrected chi connectivity index (χ4v) is 1.73. The summed E-state index contributed by atoms with van der Waals surface area (Å²) in [5.74, 6) is -0.950. The summed E-state index contributed by atoms with van der Waals surface area (Å²) in [4.78, 5) is 10.3. The Labute approximate surface area is 85.4 Å². The van der Waals surface area contributed by atoms with Gasteiger partial charge in [0.05, 0.1) is 6.10 Å². The molecule has 1 unspecified atom stereocenters. The van der Waals surface area contributed by atoms with Gasteiger partial charge in [0.25, 0.3) is 0 Å². The van der Waals surface area contributed by atoms with Crippen LogP contribution >= 0.6 is 0 Å². The van der Waals surface area contributed by atoms with Crippen molar-refractivity contribution in [2.24, 2.45) is 0 Å². The zero-order valence-electron chi connectivity index (χ0n) is 7.68. The van der Waals surface area contributed by atoms with Crippen molar-refractivity contribution < 1.29 is 24.0 Å². The normalized spacial score (nSPS) is 19.1. The summed E-state index contributed by atoms with van der Waals surface area (Å²) in [7, 11) is -1.29. The second-order valence-electron chi connectivity index (χ2n) is 3.31. The van der Waals surface area contributed by atoms with Crippen LogP contribution in [0.1, 0.15) is 18.1 Å². The maximum atomic E-state index is 13.4. The summed E-state index contributed by atoms with van der Waals surface area (Å²) in [5, 5.41) is 18.5. The highest BCUT2D eigenvalue weighted by atomic mass is 19.1. The standard InChI is InChI=1S/C9H8BFO4/c11-7-4-5(13)3-6-9(7)8(1-2-12)15-10(6)14/h2-4,8,13-14H,1H2. The van der Waals surface area contributed by atoms with Crippen LogP contribution in [0, 0.1) is 5.82 Å². The van der Waals surface area contributed by atoms with Crippen LogP contribution in [0.4, 0.5) is 4.39 Å². The van der Waals surface area contributed by atoms with Crippen LogP contribution in [0.2, 0.25) is 0 Å². The molecule has 0 spiro atoms. The van der Waals surface area contributed by atoms with Crippen LogP contribution in [0.15, 0.2) is 12.1 Å². The van der Waals surface area contributed by atoms with E-state index in [9.17, 15) is 14.2 Å². The molecule has 0 aliphatic carbocycles. The number of rotatable bonds is 2. The van der Waals surface area contributed by atoms with Crippen molar-refractivity contribution in [1.29, 1.82) is 0 Å². The summed E-state index contributed by atoms with van der Waals surface area (Å²) in [6.07, 6.45) is -0.196. The number of aldehydes is 1. The Morgan fingerprint density at radius 1 is 1.60 bits per heavy atom. The minimum Gasteiger partial charge on any atom is -0.508 e. The van der Waals surface area contributed by atoms with Gasteiger partial charge in [-0.15, -0.1) is 0 Å². The molecule has 15 heavy (non-hydrogen) atoms. The molecule has 0 radical (unpaired) electrons. The SMILES string of the molecule is O=CCC1OB(O)c2cc(O)cc(F)c21. The van der Waals surface area contributed by atoms with Crippen molar-refractivity contribution in [2.45, 2.75) is 12.5 Å². The second-order valence-corrected chi connectivity index (χ2v) is 3.31. The Morgan fingerprint density at radius 2 is 2.33 bits per heavy atom. The van der Waals surface area contributed by atoms with E-state index in [1.54, 1.807) is 0 Å². The van der Waals surface area contributed by atoms with Gasteiger partial charge in [0.15, 0.2) is 0 Å². The van der Waals surface area contributed by atoms with Gasteiger partial charge in [-0.05, 0) is 11.5 Å². The molecule has 2 rings (SSSR count). The van der Waals surface area contributed by atoms with E-state index in [1.807, 2.05) is 0 Å². The van der Waals surface area contributed by atoms with Gasteiger partial charge in [0.1, 0.15) is 17.9 Å². The number of carbonyl (C=O) groups excluding carboxylic acids is 1. The van der Waals surface area contributed by atoms with E-state index in [1.165, 1.54) is 6.07 Å². The lowest BCUT2D eigenvalue weighted by Gasteiger charge is -2.08. The summed E-state index contributed by atoms with van der Waals surface area (Å²) in [6, 6.07) is 2.16. The maximum absolute atomic E-state index is 13.4. The van der Waals surface area contributed by atoms with E-state index >= 15 is 0 Å². The van der Waals surface area contributed by atoms with Gasteiger partial charge >= 0.3 is 7.12 Å². The zero-order valence-corrected chi connectivity index (χ0v) is 7.68. The molecule has 0 saturated carbocycles. The molecule has 0 aromatic heterocycles. The molecule has 4 nitrogen and oxygen atoms in total. The van der Waals surface area contributed by atoms with E-state index < -0.39 is 19.0 Å². The number of aromatic hydroxyl groups is 1. The summed E-state index contributed by atoms with van der Waals surface area (Å²) < 4.78 is 18.4. The smallest absolute Gasteiger partial charge is 0.492 e. The molecule has 0 bridgehead atoms. The molecule has 1 aromatic carbocycles. The number of benzene rings is 1. The number of phenolic OH excluding ortho intramolecular Hbond substituents is 1. The zero-order chi connectivity index (χ0) is 11.0. The molecule has 0 fully saturated rings. The highest BCUT2D eigenvalue weighted by molar-refractivity contribution is 6.61. The fraction of sp³-hybridized carbons (Fsp3) is 0.222. The van der Waals surface area contributed by atoms with Crippen molar-refractivity contribution in [1.82, 2.24) is 0 Å². The molecule has 1 atom stereocenters. The number of hydrogen-bond donors (Lipinski definition) is 2. The highest BCUT2D eigenvalue weighted by Crippen LogP contribution is 2.30. The van der Waals surface area contributed by atoms with E-state index in [0.717, 1.165) is 6.07 Å². The Hall–Kier alpha value is -1.40. The van der Waals surface area contributed by atoms with E-state index in [0.29, 0.717) is 6.29 Å². The third kappa shape index (κ3) is 1.62. The average Bonchev–Trinajstić information content (AvgIpc) is 2.44. The minimum atomic E-state index is -1.29. The van der Waals surface area contributed by atoms with Crippen LogP contribution in [-0.2, 0) is 9.45 Å². The maximum Gasteiger partial charge on any atom is 0.492 e. The molecule has 0 saturated heterocycles. The first-order valence-electron chi connectivity index (χ1n) is 4.43. The number of phenols is 1. The molecule has 78 valence electrons. The van der Waals surface area contributed by atoms with Gasteiger partial charge in [0, 0.05) is 18.1 Å². The summed E-state index contributed by atoms with van der Waals surface area (Å²) in [5.41, 5.74) is 0.326. The molecule has 6 heteroatoms. The van der Waals surface area contributed by atoms with Crippen LogP contribution in [0.3, 0.4) is 0 Å². The first kappa shape index (κ1) is 10.1. The quantitative estimate of drug-likeness (QED) is 0.527. The molecule has 0 amide bonds. The largest absolute Gasteiger partial charge is 0.508 e. The molecule has 1 aliphatic rings. The number of hydrogen-bond acceptors (Lipinski definition) is 4. The first-order chi connectivity index (χ1) is 7.13.